The van der Waals surface area contributed by atoms with E-state index in [0.29, 0.717) is 18.7 Å². The molecule has 1 fully saturated rings. The topological polar surface area (TPSA) is 78.9 Å². The van der Waals surface area contributed by atoms with E-state index in [-0.39, 0.29) is 17.2 Å². The molecule has 1 atom stereocenters. The number of aromatic nitrogens is 2. The van der Waals surface area contributed by atoms with E-state index in [9.17, 15) is 9.59 Å². The monoisotopic (exact) mass is 546 g/mol. The van der Waals surface area contributed by atoms with Crippen molar-refractivity contribution in [3.63, 3.8) is 0 Å². The van der Waals surface area contributed by atoms with Crippen LogP contribution in [-0.2, 0) is 23.7 Å². The average Bonchev–Trinajstić information content (AvgIpc) is 3.57. The summed E-state index contributed by atoms with van der Waals surface area (Å²) in [6.45, 7) is 2.39. The van der Waals surface area contributed by atoms with Crippen LogP contribution in [0.15, 0.2) is 91.1 Å². The van der Waals surface area contributed by atoms with Gasteiger partial charge in [0.25, 0.3) is 5.91 Å². The number of rotatable bonds is 8. The van der Waals surface area contributed by atoms with Crippen LogP contribution in [0.3, 0.4) is 0 Å². The van der Waals surface area contributed by atoms with Gasteiger partial charge in [0, 0.05) is 53.4 Å². The van der Waals surface area contributed by atoms with Crippen LogP contribution in [0.1, 0.15) is 60.6 Å². The number of carbonyl (C=O) groups is 2. The summed E-state index contributed by atoms with van der Waals surface area (Å²) in [6, 6.07) is 28.5. The van der Waals surface area contributed by atoms with Crippen molar-refractivity contribution in [2.24, 2.45) is 7.05 Å². The van der Waals surface area contributed by atoms with Crippen molar-refractivity contribution >= 4 is 33.6 Å². The van der Waals surface area contributed by atoms with Gasteiger partial charge in [-0.15, -0.1) is 0 Å². The largest absolute Gasteiger partial charge is 0.361 e. The van der Waals surface area contributed by atoms with Crippen LogP contribution >= 0.6 is 0 Å². The van der Waals surface area contributed by atoms with Crippen LogP contribution in [0.25, 0.3) is 21.8 Å². The lowest BCUT2D eigenvalue weighted by Gasteiger charge is -2.39. The normalized spacial score (nSPS) is 16.3. The van der Waals surface area contributed by atoms with Crippen LogP contribution in [0.5, 0.6) is 0 Å². The molecule has 6 nitrogen and oxygen atoms in total. The summed E-state index contributed by atoms with van der Waals surface area (Å²) in [5.74, 6) is -0.438. The first-order chi connectivity index (χ1) is 19.9. The van der Waals surface area contributed by atoms with Gasteiger partial charge < -0.3 is 20.2 Å². The van der Waals surface area contributed by atoms with E-state index in [2.05, 4.69) is 45.9 Å². The molecule has 1 saturated carbocycles. The van der Waals surface area contributed by atoms with Crippen LogP contribution in [0, 0.1) is 0 Å². The molecule has 2 heterocycles. The fraction of sp³-hybridized carbons (Fsp3) is 0.314. The minimum atomic E-state index is -1.18. The molecule has 1 unspecified atom stereocenters. The number of aryl methyl sites for hydroxylation is 1. The van der Waals surface area contributed by atoms with Crippen molar-refractivity contribution in [3.05, 3.63) is 108 Å². The number of fused-ring (bicyclic) bond motifs is 2. The summed E-state index contributed by atoms with van der Waals surface area (Å²) < 4.78 is 1.89. The second-order valence-electron chi connectivity index (χ2n) is 11.9. The highest BCUT2D eigenvalue weighted by Crippen LogP contribution is 2.39. The third-order valence-electron chi connectivity index (χ3n) is 9.08. The Kier molecular flexibility index (Phi) is 7.16. The highest BCUT2D eigenvalue weighted by molar-refractivity contribution is 6.02. The Hall–Kier alpha value is -4.32. The Labute approximate surface area is 241 Å². The molecule has 0 spiro atoms. The van der Waals surface area contributed by atoms with Crippen LogP contribution < -0.4 is 10.6 Å². The Balaban J connectivity index is 1.31. The maximum atomic E-state index is 14.2. The molecule has 5 aromatic rings. The van der Waals surface area contributed by atoms with E-state index in [1.807, 2.05) is 79.3 Å². The first kappa shape index (κ1) is 26.9. The standard InChI is InChI=1S/C35H38N4O2/c1-34(22-26-23-36-29-17-9-8-16-28(26)29,38-32(40)31-21-25-13-7-10-18-30(25)39(31)2)33(41)37-24-35(19-11-4-12-20-35)27-14-5-3-6-15-27/h3,5-10,13-18,21,23,36H,4,11-12,19-20,22,24H2,1-2H3,(H,37,41)(H,38,40). The first-order valence-electron chi connectivity index (χ1n) is 14.6. The molecule has 0 aliphatic heterocycles. The number of hydrogen-bond acceptors (Lipinski definition) is 2. The molecule has 3 aromatic carbocycles. The lowest BCUT2D eigenvalue weighted by molar-refractivity contribution is -0.127. The highest BCUT2D eigenvalue weighted by Gasteiger charge is 2.40. The maximum absolute atomic E-state index is 14.2. The number of nitrogens with zero attached hydrogens (tertiary/aromatic N) is 1. The number of amides is 2. The first-order valence-corrected chi connectivity index (χ1v) is 14.6. The Bertz CT molecular complexity index is 1690. The van der Waals surface area contributed by atoms with Gasteiger partial charge in [0.1, 0.15) is 11.2 Å². The predicted octanol–water partition coefficient (Wildman–Crippen LogP) is 6.41. The zero-order valence-corrected chi connectivity index (χ0v) is 23.9. The van der Waals surface area contributed by atoms with E-state index in [0.717, 1.165) is 53.1 Å². The Morgan fingerprint density at radius 2 is 1.63 bits per heavy atom. The molecule has 6 rings (SSSR count). The lowest BCUT2D eigenvalue weighted by atomic mass is 9.69. The van der Waals surface area contributed by atoms with Crippen molar-refractivity contribution in [3.8, 4) is 0 Å². The summed E-state index contributed by atoms with van der Waals surface area (Å²) in [6.07, 6.45) is 7.91. The predicted molar refractivity (Wildman–Crippen MR) is 165 cm³/mol. The van der Waals surface area contributed by atoms with Crippen molar-refractivity contribution in [1.29, 1.82) is 0 Å². The van der Waals surface area contributed by atoms with E-state index < -0.39 is 5.54 Å². The third-order valence-corrected chi connectivity index (χ3v) is 9.08. The van der Waals surface area contributed by atoms with Gasteiger partial charge in [0.05, 0.1) is 0 Å². The molecule has 41 heavy (non-hydrogen) atoms. The number of carbonyl (C=O) groups excluding carboxylic acids is 2. The Morgan fingerprint density at radius 1 is 0.927 bits per heavy atom. The number of aromatic amines is 1. The zero-order valence-electron chi connectivity index (χ0n) is 23.9. The lowest BCUT2D eigenvalue weighted by Crippen LogP contribution is -2.60. The van der Waals surface area contributed by atoms with Crippen molar-refractivity contribution in [2.45, 2.75) is 56.4 Å². The summed E-state index contributed by atoms with van der Waals surface area (Å²) in [5, 5.41) is 8.53. The maximum Gasteiger partial charge on any atom is 0.268 e. The van der Waals surface area contributed by atoms with Crippen molar-refractivity contribution in [2.75, 3.05) is 6.54 Å². The van der Waals surface area contributed by atoms with Gasteiger partial charge in [-0.05, 0) is 49.1 Å². The molecule has 3 N–H and O–H groups in total. The molecule has 2 aromatic heterocycles. The molecular formula is C35H38N4O2. The van der Waals surface area contributed by atoms with Gasteiger partial charge in [0.2, 0.25) is 5.91 Å². The number of benzene rings is 3. The van der Waals surface area contributed by atoms with Crippen LogP contribution in [0.2, 0.25) is 0 Å². The highest BCUT2D eigenvalue weighted by atomic mass is 16.2. The van der Waals surface area contributed by atoms with Gasteiger partial charge in [-0.2, -0.15) is 0 Å². The molecule has 1 aliphatic rings. The van der Waals surface area contributed by atoms with E-state index >= 15 is 0 Å². The molecule has 6 heteroatoms. The molecule has 0 bridgehead atoms. The fourth-order valence-electron chi connectivity index (χ4n) is 6.69. The average molecular weight is 547 g/mol. The minimum Gasteiger partial charge on any atom is -0.361 e. The quantitative estimate of drug-likeness (QED) is 0.210. The number of hydrogen-bond donors (Lipinski definition) is 3. The van der Waals surface area contributed by atoms with Gasteiger partial charge in [-0.1, -0.05) is 86.0 Å². The summed E-state index contributed by atoms with van der Waals surface area (Å²) >= 11 is 0. The molecule has 0 saturated heterocycles. The van der Waals surface area contributed by atoms with Crippen molar-refractivity contribution in [1.82, 2.24) is 20.2 Å². The molecule has 210 valence electrons. The second kappa shape index (κ2) is 10.9. The summed E-state index contributed by atoms with van der Waals surface area (Å²) in [7, 11) is 1.89. The number of para-hydroxylation sites is 2. The van der Waals surface area contributed by atoms with Crippen LogP contribution in [-0.4, -0.2) is 33.4 Å². The number of H-pyrrole nitrogens is 1. The Morgan fingerprint density at radius 3 is 2.41 bits per heavy atom. The SMILES string of the molecule is Cn1c(C(=O)NC(C)(Cc2c[nH]c3ccccc23)C(=O)NCC2(c3ccccc3)CCCCC2)cc2ccccc21. The minimum absolute atomic E-state index is 0.100. The van der Waals surface area contributed by atoms with E-state index in [4.69, 9.17) is 0 Å². The fourth-order valence-corrected chi connectivity index (χ4v) is 6.69. The molecular weight excluding hydrogens is 508 g/mol. The van der Waals surface area contributed by atoms with Gasteiger partial charge >= 0.3 is 0 Å². The number of nitrogens with one attached hydrogen (secondary N) is 3. The molecule has 2 amide bonds. The summed E-state index contributed by atoms with van der Waals surface area (Å²) in [4.78, 5) is 31.4. The van der Waals surface area contributed by atoms with Crippen molar-refractivity contribution < 1.29 is 9.59 Å². The zero-order chi connectivity index (χ0) is 28.5. The molecule has 0 radical (unpaired) electrons. The molecule has 1 aliphatic carbocycles. The van der Waals surface area contributed by atoms with E-state index in [1.54, 1.807) is 0 Å². The second-order valence-corrected chi connectivity index (χ2v) is 11.9. The summed E-state index contributed by atoms with van der Waals surface area (Å²) in [5.41, 5.74) is 3.50. The smallest absolute Gasteiger partial charge is 0.268 e. The third kappa shape index (κ3) is 5.15. The van der Waals surface area contributed by atoms with Gasteiger partial charge in [-0.3, -0.25) is 9.59 Å². The van der Waals surface area contributed by atoms with Gasteiger partial charge in [-0.25, -0.2) is 0 Å². The van der Waals surface area contributed by atoms with Crippen LogP contribution in [0.4, 0.5) is 0 Å². The van der Waals surface area contributed by atoms with Gasteiger partial charge in [0.15, 0.2) is 0 Å². The van der Waals surface area contributed by atoms with E-state index in [1.165, 1.54) is 12.0 Å².